The van der Waals surface area contributed by atoms with Crippen LogP contribution in [0.25, 0.3) is 0 Å². The van der Waals surface area contributed by atoms with E-state index in [9.17, 15) is 15.0 Å². The molecular weight excluding hydrogens is 234 g/mol. The lowest BCUT2D eigenvalue weighted by Crippen LogP contribution is -2.20. The molecule has 1 rings (SSSR count). The van der Waals surface area contributed by atoms with E-state index in [-0.39, 0.29) is 11.6 Å². The third kappa shape index (κ3) is 2.91. The van der Waals surface area contributed by atoms with Crippen LogP contribution in [0, 0.1) is 0 Å². The van der Waals surface area contributed by atoms with E-state index in [2.05, 4.69) is 9.72 Å². The van der Waals surface area contributed by atoms with Gasteiger partial charge < -0.3 is 14.9 Å². The number of methoxy groups -OCH3 is 1. The van der Waals surface area contributed by atoms with E-state index in [4.69, 9.17) is 11.6 Å². The molecule has 0 aromatic carbocycles. The molecule has 0 saturated carbocycles. The molecule has 0 spiro atoms. The van der Waals surface area contributed by atoms with Gasteiger partial charge in [-0.25, -0.2) is 9.78 Å². The average Bonchev–Trinajstić information content (AvgIpc) is 2.36. The van der Waals surface area contributed by atoms with E-state index in [1.807, 2.05) is 0 Å². The second-order valence-electron chi connectivity index (χ2n) is 3.13. The summed E-state index contributed by atoms with van der Waals surface area (Å²) < 4.78 is 4.49. The van der Waals surface area contributed by atoms with Crippen molar-refractivity contribution in [2.45, 2.75) is 12.2 Å². The molecule has 0 bridgehead atoms. The van der Waals surface area contributed by atoms with E-state index in [0.29, 0.717) is 5.56 Å². The Bertz CT molecular complexity index is 372. The summed E-state index contributed by atoms with van der Waals surface area (Å²) in [5.41, 5.74) is 0.435. The summed E-state index contributed by atoms with van der Waals surface area (Å²) in [5.74, 6) is -0.703. The number of pyridine rings is 1. The molecule has 0 saturated heterocycles. The van der Waals surface area contributed by atoms with Gasteiger partial charge in [0.15, 0.2) is 0 Å². The van der Waals surface area contributed by atoms with Gasteiger partial charge >= 0.3 is 5.97 Å². The molecule has 0 aliphatic rings. The van der Waals surface area contributed by atoms with Crippen LogP contribution in [0.4, 0.5) is 0 Å². The summed E-state index contributed by atoms with van der Waals surface area (Å²) in [6.45, 7) is 0. The lowest BCUT2D eigenvalue weighted by Gasteiger charge is -2.15. The second kappa shape index (κ2) is 5.79. The molecule has 0 aliphatic heterocycles. The molecule has 0 amide bonds. The van der Waals surface area contributed by atoms with Gasteiger partial charge in [0.2, 0.25) is 0 Å². The smallest absolute Gasteiger partial charge is 0.356 e. The van der Waals surface area contributed by atoms with Crippen molar-refractivity contribution < 1.29 is 19.7 Å². The van der Waals surface area contributed by atoms with Crippen molar-refractivity contribution in [2.24, 2.45) is 0 Å². The van der Waals surface area contributed by atoms with Crippen LogP contribution in [0.2, 0.25) is 0 Å². The van der Waals surface area contributed by atoms with Crippen LogP contribution >= 0.6 is 11.6 Å². The van der Waals surface area contributed by atoms with Crippen molar-refractivity contribution in [1.82, 2.24) is 4.98 Å². The predicted octanol–water partition coefficient (Wildman–Crippen LogP) is 0.501. The number of hydrogen-bond donors (Lipinski definition) is 2. The van der Waals surface area contributed by atoms with Gasteiger partial charge in [-0.3, -0.25) is 0 Å². The molecule has 5 nitrogen and oxygen atoms in total. The molecule has 2 N–H and O–H groups in total. The van der Waals surface area contributed by atoms with Crippen LogP contribution in [-0.4, -0.2) is 40.3 Å². The summed E-state index contributed by atoms with van der Waals surface area (Å²) in [6, 6.07) is 2.85. The fourth-order valence-electron chi connectivity index (χ4n) is 1.15. The zero-order valence-electron chi connectivity index (χ0n) is 8.63. The third-order valence-corrected chi connectivity index (χ3v) is 2.36. The Hall–Kier alpha value is -1.17. The Balaban J connectivity index is 2.94. The highest BCUT2D eigenvalue weighted by Gasteiger charge is 2.19. The van der Waals surface area contributed by atoms with Gasteiger partial charge in [0, 0.05) is 6.20 Å². The predicted molar refractivity (Wildman–Crippen MR) is 57.3 cm³/mol. The molecule has 16 heavy (non-hydrogen) atoms. The van der Waals surface area contributed by atoms with E-state index in [1.54, 1.807) is 0 Å². The molecule has 2 unspecified atom stereocenters. The first kappa shape index (κ1) is 12.9. The number of nitrogens with zero attached hydrogens (tertiary/aromatic N) is 1. The average molecular weight is 246 g/mol. The number of esters is 1. The van der Waals surface area contributed by atoms with Gasteiger partial charge in [-0.2, -0.15) is 0 Å². The van der Waals surface area contributed by atoms with E-state index < -0.39 is 18.2 Å². The molecule has 6 heteroatoms. The number of aromatic nitrogens is 1. The third-order valence-electron chi connectivity index (χ3n) is 2.04. The number of rotatable bonds is 4. The van der Waals surface area contributed by atoms with Crippen LogP contribution in [0.5, 0.6) is 0 Å². The minimum Gasteiger partial charge on any atom is -0.464 e. The number of halogens is 1. The number of alkyl halides is 1. The molecule has 0 radical (unpaired) electrons. The van der Waals surface area contributed by atoms with Crippen LogP contribution in [-0.2, 0) is 4.74 Å². The second-order valence-corrected chi connectivity index (χ2v) is 3.44. The Morgan fingerprint density at radius 3 is 2.88 bits per heavy atom. The van der Waals surface area contributed by atoms with Crippen LogP contribution in [0.1, 0.15) is 22.2 Å². The Morgan fingerprint density at radius 2 is 2.31 bits per heavy atom. The lowest BCUT2D eigenvalue weighted by atomic mass is 10.1. The highest BCUT2D eigenvalue weighted by Crippen LogP contribution is 2.18. The Labute approximate surface area is 97.6 Å². The summed E-state index contributed by atoms with van der Waals surface area (Å²) in [7, 11) is 1.24. The quantitative estimate of drug-likeness (QED) is 0.597. The summed E-state index contributed by atoms with van der Waals surface area (Å²) in [4.78, 5) is 15.0. The molecule has 2 atom stereocenters. The van der Waals surface area contributed by atoms with E-state index >= 15 is 0 Å². The van der Waals surface area contributed by atoms with Gasteiger partial charge in [0.1, 0.15) is 11.8 Å². The van der Waals surface area contributed by atoms with Gasteiger partial charge in [0.25, 0.3) is 0 Å². The first-order valence-corrected chi connectivity index (χ1v) is 5.10. The number of aliphatic hydroxyl groups excluding tert-OH is 2. The topological polar surface area (TPSA) is 79.7 Å². The number of hydrogen-bond acceptors (Lipinski definition) is 5. The SMILES string of the molecule is COC(=O)c1cc(C(O)C(O)CCl)ccn1. The molecule has 88 valence electrons. The zero-order valence-corrected chi connectivity index (χ0v) is 9.39. The highest BCUT2D eigenvalue weighted by atomic mass is 35.5. The van der Waals surface area contributed by atoms with Gasteiger partial charge in [-0.15, -0.1) is 11.6 Å². The van der Waals surface area contributed by atoms with Crippen LogP contribution in [0.15, 0.2) is 18.3 Å². The summed E-state index contributed by atoms with van der Waals surface area (Å²) in [6.07, 6.45) is -0.885. The molecule has 1 aromatic heterocycles. The van der Waals surface area contributed by atoms with E-state index in [0.717, 1.165) is 0 Å². The van der Waals surface area contributed by atoms with Crippen molar-refractivity contribution in [1.29, 1.82) is 0 Å². The van der Waals surface area contributed by atoms with Gasteiger partial charge in [-0.05, 0) is 17.7 Å². The molecule has 1 aromatic rings. The number of carbonyl (C=O) groups is 1. The summed E-state index contributed by atoms with van der Waals surface area (Å²) >= 11 is 5.41. The van der Waals surface area contributed by atoms with Crippen molar-refractivity contribution >= 4 is 17.6 Å². The fraction of sp³-hybridized carbons (Fsp3) is 0.400. The number of ether oxygens (including phenoxy) is 1. The Kier molecular flexibility index (Phi) is 4.67. The first-order valence-electron chi connectivity index (χ1n) is 4.56. The number of aliphatic hydroxyl groups is 2. The monoisotopic (exact) mass is 245 g/mol. The maximum Gasteiger partial charge on any atom is 0.356 e. The minimum absolute atomic E-state index is 0.0702. The first-order chi connectivity index (χ1) is 7.60. The maximum absolute atomic E-state index is 11.2. The van der Waals surface area contributed by atoms with Crippen molar-refractivity contribution in [2.75, 3.05) is 13.0 Å². The highest BCUT2D eigenvalue weighted by molar-refractivity contribution is 6.18. The zero-order chi connectivity index (χ0) is 12.1. The maximum atomic E-state index is 11.2. The van der Waals surface area contributed by atoms with Crippen molar-refractivity contribution in [3.05, 3.63) is 29.6 Å². The van der Waals surface area contributed by atoms with Crippen LogP contribution in [0.3, 0.4) is 0 Å². The van der Waals surface area contributed by atoms with Crippen molar-refractivity contribution in [3.8, 4) is 0 Å². The molecule has 1 heterocycles. The molecular formula is C10H12ClNO4. The minimum atomic E-state index is -1.15. The van der Waals surface area contributed by atoms with Gasteiger partial charge in [0.05, 0.1) is 19.1 Å². The lowest BCUT2D eigenvalue weighted by molar-refractivity contribution is 0.0324. The standard InChI is InChI=1S/C10H12ClNO4/c1-16-10(15)7-4-6(2-3-12-7)9(14)8(13)5-11/h2-4,8-9,13-14H,5H2,1H3. The largest absolute Gasteiger partial charge is 0.464 e. The van der Waals surface area contributed by atoms with Gasteiger partial charge in [-0.1, -0.05) is 0 Å². The Morgan fingerprint density at radius 1 is 1.62 bits per heavy atom. The normalized spacial score (nSPS) is 14.2. The number of carbonyl (C=O) groups excluding carboxylic acids is 1. The molecule has 0 aliphatic carbocycles. The van der Waals surface area contributed by atoms with E-state index in [1.165, 1.54) is 25.4 Å². The van der Waals surface area contributed by atoms with Crippen LogP contribution < -0.4 is 0 Å². The van der Waals surface area contributed by atoms with Crippen molar-refractivity contribution in [3.63, 3.8) is 0 Å². The molecule has 0 fully saturated rings. The fourth-order valence-corrected chi connectivity index (χ4v) is 1.32. The summed E-state index contributed by atoms with van der Waals surface area (Å²) in [5, 5.41) is 19.0.